The second-order valence-corrected chi connectivity index (χ2v) is 6.75. The van der Waals surface area contributed by atoms with Crippen LogP contribution >= 0.6 is 15.9 Å². The highest BCUT2D eigenvalue weighted by atomic mass is 79.9. The van der Waals surface area contributed by atoms with Crippen LogP contribution in [0.2, 0.25) is 0 Å². The van der Waals surface area contributed by atoms with Gasteiger partial charge in [0.05, 0.1) is 12.8 Å². The van der Waals surface area contributed by atoms with Gasteiger partial charge in [-0.3, -0.25) is 4.99 Å². The number of aromatic nitrogens is 1. The first kappa shape index (κ1) is 19.6. The Morgan fingerprint density at radius 3 is 2.96 bits per heavy atom. The molecule has 0 spiro atoms. The van der Waals surface area contributed by atoms with Crippen LogP contribution in [0.3, 0.4) is 0 Å². The molecule has 0 aliphatic heterocycles. The van der Waals surface area contributed by atoms with E-state index in [-0.39, 0.29) is 0 Å². The van der Waals surface area contributed by atoms with Gasteiger partial charge in [-0.15, -0.1) is 0 Å². The van der Waals surface area contributed by atoms with Crippen LogP contribution in [0.25, 0.3) is 0 Å². The van der Waals surface area contributed by atoms with Crippen molar-refractivity contribution in [3.63, 3.8) is 0 Å². The van der Waals surface area contributed by atoms with Crippen LogP contribution in [0.15, 0.2) is 44.5 Å². The fraction of sp³-hybridized carbons (Fsp3) is 0.500. The third kappa shape index (κ3) is 6.59. The van der Waals surface area contributed by atoms with Gasteiger partial charge in [-0.1, -0.05) is 0 Å². The Morgan fingerprint density at radius 1 is 1.48 bits per heavy atom. The van der Waals surface area contributed by atoms with Gasteiger partial charge in [0.1, 0.15) is 12.4 Å². The number of hydrogen-bond donors (Lipinski definition) is 1. The van der Waals surface area contributed by atoms with Crippen molar-refractivity contribution in [2.75, 3.05) is 26.7 Å². The van der Waals surface area contributed by atoms with Gasteiger partial charge in [-0.25, -0.2) is 0 Å². The summed E-state index contributed by atoms with van der Waals surface area (Å²) >= 11 is 3.52. The molecule has 2 rings (SSSR count). The van der Waals surface area contributed by atoms with Crippen molar-refractivity contribution in [1.29, 1.82) is 0 Å². The van der Waals surface area contributed by atoms with Gasteiger partial charge in [0.15, 0.2) is 5.96 Å². The number of nitrogens with one attached hydrogen (secondary N) is 1. The summed E-state index contributed by atoms with van der Waals surface area (Å²) in [5.41, 5.74) is 1.22. The Kier molecular flexibility index (Phi) is 8.08. The lowest BCUT2D eigenvalue weighted by Gasteiger charge is -2.22. The van der Waals surface area contributed by atoms with E-state index in [1.54, 1.807) is 6.26 Å². The van der Waals surface area contributed by atoms with E-state index < -0.39 is 0 Å². The third-order valence-corrected chi connectivity index (χ3v) is 4.14. The van der Waals surface area contributed by atoms with Crippen LogP contribution in [-0.4, -0.2) is 42.2 Å². The Labute approximate surface area is 158 Å². The average Bonchev–Trinajstić information content (AvgIpc) is 3.19. The molecule has 0 aliphatic carbocycles. The zero-order valence-electron chi connectivity index (χ0n) is 15.2. The van der Waals surface area contributed by atoms with Crippen LogP contribution in [0, 0.1) is 0 Å². The zero-order chi connectivity index (χ0) is 18.1. The minimum Gasteiger partial charge on any atom is -0.467 e. The Bertz CT molecular complexity index is 652. The van der Waals surface area contributed by atoms with Crippen LogP contribution in [0.1, 0.15) is 24.8 Å². The normalized spacial score (nSPS) is 11.8. The topological polar surface area (TPSA) is 54.9 Å². The molecule has 0 fully saturated rings. The highest BCUT2D eigenvalue weighted by molar-refractivity contribution is 9.10. The zero-order valence-corrected chi connectivity index (χ0v) is 16.8. The van der Waals surface area contributed by atoms with E-state index >= 15 is 0 Å². The van der Waals surface area contributed by atoms with E-state index in [4.69, 9.17) is 9.15 Å². The number of halogens is 1. The van der Waals surface area contributed by atoms with E-state index in [2.05, 4.69) is 61.9 Å². The smallest absolute Gasteiger partial charge is 0.194 e. The van der Waals surface area contributed by atoms with Crippen LogP contribution in [0.4, 0.5) is 0 Å². The highest BCUT2D eigenvalue weighted by Gasteiger charge is 2.09. The first-order valence-corrected chi connectivity index (χ1v) is 9.29. The molecular weight excluding hydrogens is 384 g/mol. The number of rotatable bonds is 9. The molecule has 2 aromatic rings. The summed E-state index contributed by atoms with van der Waals surface area (Å²) in [5.74, 6) is 1.76. The monoisotopic (exact) mass is 410 g/mol. The summed E-state index contributed by atoms with van der Waals surface area (Å²) in [4.78, 5) is 6.82. The van der Waals surface area contributed by atoms with Crippen LogP contribution in [0.5, 0.6) is 0 Å². The summed E-state index contributed by atoms with van der Waals surface area (Å²) in [6.45, 7) is 5.62. The maximum absolute atomic E-state index is 5.59. The largest absolute Gasteiger partial charge is 0.467 e. The van der Waals surface area contributed by atoms with Crippen molar-refractivity contribution in [2.24, 2.45) is 12.0 Å². The lowest BCUT2D eigenvalue weighted by atomic mass is 10.4. The molecule has 0 bridgehead atoms. The van der Waals surface area contributed by atoms with Gasteiger partial charge in [-0.2, -0.15) is 0 Å². The van der Waals surface area contributed by atoms with Gasteiger partial charge in [0, 0.05) is 50.2 Å². The quantitative estimate of drug-likeness (QED) is 0.391. The van der Waals surface area contributed by atoms with Crippen molar-refractivity contribution >= 4 is 21.9 Å². The molecule has 0 aromatic carbocycles. The predicted molar refractivity (Wildman–Crippen MR) is 104 cm³/mol. The Hall–Kier alpha value is -1.73. The van der Waals surface area contributed by atoms with Crippen LogP contribution < -0.4 is 5.32 Å². The Balaban J connectivity index is 1.77. The first-order valence-electron chi connectivity index (χ1n) is 8.50. The molecule has 0 radical (unpaired) electrons. The number of furan rings is 1. The average molecular weight is 411 g/mol. The summed E-state index contributed by atoms with van der Waals surface area (Å²) in [6, 6.07) is 5.91. The Morgan fingerprint density at radius 2 is 2.32 bits per heavy atom. The molecule has 1 N–H and O–H groups in total. The maximum atomic E-state index is 5.59. The van der Waals surface area contributed by atoms with Gasteiger partial charge in [0.2, 0.25) is 0 Å². The molecule has 0 saturated heterocycles. The lowest BCUT2D eigenvalue weighted by Crippen LogP contribution is -2.39. The fourth-order valence-corrected chi connectivity index (χ4v) is 3.00. The second-order valence-electron chi connectivity index (χ2n) is 5.84. The molecule has 7 heteroatoms. The number of ether oxygens (including phenoxy) is 1. The minimum atomic E-state index is 0.513. The summed E-state index contributed by atoms with van der Waals surface area (Å²) in [6.07, 6.45) is 4.59. The molecule has 6 nitrogen and oxygen atoms in total. The van der Waals surface area contributed by atoms with Crippen LogP contribution in [-0.2, 0) is 24.9 Å². The number of hydrogen-bond acceptors (Lipinski definition) is 3. The number of aliphatic imine (C=N–C) groups is 1. The fourth-order valence-electron chi connectivity index (χ4n) is 2.43. The third-order valence-electron chi connectivity index (χ3n) is 3.70. The molecule has 0 amide bonds. The summed E-state index contributed by atoms with van der Waals surface area (Å²) in [5, 5.41) is 3.34. The molecule has 138 valence electrons. The molecule has 0 atom stereocenters. The van der Waals surface area contributed by atoms with Crippen molar-refractivity contribution in [3.05, 3.63) is 46.6 Å². The van der Waals surface area contributed by atoms with Crippen molar-refractivity contribution < 1.29 is 9.15 Å². The lowest BCUT2D eigenvalue weighted by molar-refractivity contribution is 0.105. The van der Waals surface area contributed by atoms with Crippen molar-refractivity contribution in [1.82, 2.24) is 14.8 Å². The summed E-state index contributed by atoms with van der Waals surface area (Å²) < 4.78 is 14.0. The molecule has 25 heavy (non-hydrogen) atoms. The van der Waals surface area contributed by atoms with Crippen molar-refractivity contribution in [2.45, 2.75) is 26.5 Å². The number of aryl methyl sites for hydroxylation is 1. The van der Waals surface area contributed by atoms with E-state index in [9.17, 15) is 0 Å². The standard InChI is InChI=1S/C18H27BrN4O2/c1-4-20-18(23(3)13-16-11-15(19)12-22(16)2)21-8-6-9-24-14-17-7-5-10-25-17/h5,7,10-12H,4,6,8-9,13-14H2,1-3H3,(H,20,21). The van der Waals surface area contributed by atoms with E-state index in [1.165, 1.54) is 5.69 Å². The van der Waals surface area contributed by atoms with Gasteiger partial charge >= 0.3 is 0 Å². The molecule has 0 saturated carbocycles. The van der Waals surface area contributed by atoms with E-state index in [0.29, 0.717) is 13.2 Å². The number of nitrogens with zero attached hydrogens (tertiary/aromatic N) is 3. The van der Waals surface area contributed by atoms with E-state index in [0.717, 1.165) is 42.2 Å². The van der Waals surface area contributed by atoms with Crippen molar-refractivity contribution in [3.8, 4) is 0 Å². The first-order chi connectivity index (χ1) is 12.1. The highest BCUT2D eigenvalue weighted by Crippen LogP contribution is 2.15. The SMILES string of the molecule is CCNC(=NCCCOCc1ccco1)N(C)Cc1cc(Br)cn1C. The molecule has 2 aromatic heterocycles. The maximum Gasteiger partial charge on any atom is 0.194 e. The van der Waals surface area contributed by atoms with E-state index in [1.807, 2.05) is 19.2 Å². The number of guanidine groups is 1. The molecule has 2 heterocycles. The molecule has 0 unspecified atom stereocenters. The summed E-state index contributed by atoms with van der Waals surface area (Å²) in [7, 11) is 4.10. The van der Waals surface area contributed by atoms with Gasteiger partial charge in [0.25, 0.3) is 0 Å². The molecular formula is C18H27BrN4O2. The second kappa shape index (κ2) is 10.3. The molecule has 0 aliphatic rings. The minimum absolute atomic E-state index is 0.513. The van der Waals surface area contributed by atoms with Gasteiger partial charge in [-0.05, 0) is 47.5 Å². The van der Waals surface area contributed by atoms with Gasteiger partial charge < -0.3 is 23.9 Å². The predicted octanol–water partition coefficient (Wildman–Crippen LogP) is 3.38.